The van der Waals surface area contributed by atoms with Crippen LogP contribution in [0.4, 0.5) is 0 Å². The van der Waals surface area contributed by atoms with Gasteiger partial charge in [-0.15, -0.1) is 0 Å². The van der Waals surface area contributed by atoms with Crippen molar-refractivity contribution >= 4 is 5.96 Å². The molecule has 1 rings (SSSR count). The van der Waals surface area contributed by atoms with E-state index in [-0.39, 0.29) is 6.04 Å². The van der Waals surface area contributed by atoms with Gasteiger partial charge in [-0.1, -0.05) is 0 Å². The lowest BCUT2D eigenvalue weighted by atomic mass is 10.2. The highest BCUT2D eigenvalue weighted by molar-refractivity contribution is 5.79. The highest BCUT2D eigenvalue weighted by Gasteiger charge is 2.10. The molecule has 0 aromatic carbocycles. The number of aryl methyl sites for hydroxylation is 1. The molecule has 0 amide bonds. The number of nitrogens with two attached hydrogens (primary N) is 1. The van der Waals surface area contributed by atoms with Crippen molar-refractivity contribution in [1.82, 2.24) is 10.7 Å². The Balaban J connectivity index is 2.53. The first-order chi connectivity index (χ1) is 8.17. The number of nitrogens with zero attached hydrogens (tertiary/aromatic N) is 1. The van der Waals surface area contributed by atoms with Gasteiger partial charge in [0.15, 0.2) is 0 Å². The van der Waals surface area contributed by atoms with Gasteiger partial charge >= 0.3 is 0 Å². The number of ether oxygens (including phenoxy) is 1. The first-order valence-electron chi connectivity index (χ1n) is 5.50. The third kappa shape index (κ3) is 4.46. The average molecular weight is 240 g/mol. The van der Waals surface area contributed by atoms with E-state index in [0.29, 0.717) is 19.1 Å². The Kier molecular flexibility index (Phi) is 5.51. The molecule has 1 atom stereocenters. The van der Waals surface area contributed by atoms with Gasteiger partial charge in [0, 0.05) is 7.11 Å². The second kappa shape index (κ2) is 6.93. The van der Waals surface area contributed by atoms with Gasteiger partial charge in [0.05, 0.1) is 19.2 Å². The smallest absolute Gasteiger partial charge is 0.206 e. The number of guanidine groups is 1. The number of rotatable bonds is 5. The van der Waals surface area contributed by atoms with Crippen molar-refractivity contribution in [2.75, 3.05) is 20.3 Å². The van der Waals surface area contributed by atoms with Crippen molar-refractivity contribution < 1.29 is 9.15 Å². The highest BCUT2D eigenvalue weighted by atomic mass is 16.5. The Hall–Kier alpha value is -1.53. The molecule has 0 spiro atoms. The summed E-state index contributed by atoms with van der Waals surface area (Å²) in [4.78, 5) is 4.21. The molecular formula is C11H20N4O2. The number of aliphatic imine (C=N–C) groups is 1. The van der Waals surface area contributed by atoms with E-state index in [1.54, 1.807) is 7.11 Å². The normalized spacial score (nSPS) is 13.5. The zero-order chi connectivity index (χ0) is 12.7. The van der Waals surface area contributed by atoms with Gasteiger partial charge in [0.2, 0.25) is 5.96 Å². The van der Waals surface area contributed by atoms with E-state index in [4.69, 9.17) is 15.0 Å². The van der Waals surface area contributed by atoms with Gasteiger partial charge < -0.3 is 14.5 Å². The molecule has 0 aliphatic rings. The van der Waals surface area contributed by atoms with Crippen LogP contribution in [0.25, 0.3) is 0 Å². The summed E-state index contributed by atoms with van der Waals surface area (Å²) in [5, 5.41) is 3.12. The minimum atomic E-state index is 0.000967. The molecule has 17 heavy (non-hydrogen) atoms. The Morgan fingerprint density at radius 3 is 2.88 bits per heavy atom. The minimum absolute atomic E-state index is 0.000967. The van der Waals surface area contributed by atoms with E-state index < -0.39 is 0 Å². The van der Waals surface area contributed by atoms with Crippen molar-refractivity contribution in [2.45, 2.75) is 19.9 Å². The molecule has 1 aromatic heterocycles. The molecule has 0 radical (unpaired) electrons. The van der Waals surface area contributed by atoms with Gasteiger partial charge in [0.1, 0.15) is 11.5 Å². The predicted molar refractivity (Wildman–Crippen MR) is 66.5 cm³/mol. The molecule has 0 saturated carbocycles. The zero-order valence-corrected chi connectivity index (χ0v) is 10.5. The standard InChI is InChI=1S/C11H20N4O2/c1-8-4-5-10(17-8)9(2)14-11(15-12)13-6-7-16-3/h4-5,9H,6-7,12H2,1-3H3,(H2,13,14,15). The topological polar surface area (TPSA) is 84.8 Å². The molecular weight excluding hydrogens is 220 g/mol. The summed E-state index contributed by atoms with van der Waals surface area (Å²) in [7, 11) is 1.63. The van der Waals surface area contributed by atoms with Crippen LogP contribution in [0.1, 0.15) is 24.5 Å². The first-order valence-corrected chi connectivity index (χ1v) is 5.50. The molecule has 0 bridgehead atoms. The summed E-state index contributed by atoms with van der Waals surface area (Å²) in [5.74, 6) is 7.62. The molecule has 6 heteroatoms. The lowest BCUT2D eigenvalue weighted by molar-refractivity contribution is 0.208. The van der Waals surface area contributed by atoms with Crippen molar-refractivity contribution in [1.29, 1.82) is 0 Å². The van der Waals surface area contributed by atoms with E-state index in [1.165, 1.54) is 0 Å². The van der Waals surface area contributed by atoms with Crippen molar-refractivity contribution in [2.24, 2.45) is 10.8 Å². The van der Waals surface area contributed by atoms with Crippen LogP contribution >= 0.6 is 0 Å². The minimum Gasteiger partial charge on any atom is -0.464 e. The number of hydrogen-bond donors (Lipinski definition) is 3. The second-order valence-corrected chi connectivity index (χ2v) is 3.68. The monoisotopic (exact) mass is 240 g/mol. The SMILES string of the molecule is COCCN=C(NN)NC(C)c1ccc(C)o1. The molecule has 6 nitrogen and oxygen atoms in total. The highest BCUT2D eigenvalue weighted by Crippen LogP contribution is 2.14. The summed E-state index contributed by atoms with van der Waals surface area (Å²) >= 11 is 0. The molecule has 0 aliphatic heterocycles. The van der Waals surface area contributed by atoms with Gasteiger partial charge in [-0.3, -0.25) is 5.43 Å². The predicted octanol–water partition coefficient (Wildman–Crippen LogP) is 0.704. The molecule has 1 unspecified atom stereocenters. The number of hydrogen-bond acceptors (Lipinski definition) is 4. The summed E-state index contributed by atoms with van der Waals surface area (Å²) < 4.78 is 10.4. The van der Waals surface area contributed by atoms with Crippen LogP contribution in [-0.4, -0.2) is 26.2 Å². The third-order valence-electron chi connectivity index (χ3n) is 2.24. The molecule has 0 saturated heterocycles. The fourth-order valence-corrected chi connectivity index (χ4v) is 1.34. The summed E-state index contributed by atoms with van der Waals surface area (Å²) in [5.41, 5.74) is 2.51. The van der Waals surface area contributed by atoms with E-state index in [0.717, 1.165) is 11.5 Å². The Morgan fingerprint density at radius 2 is 2.35 bits per heavy atom. The quantitative estimate of drug-likeness (QED) is 0.232. The summed E-state index contributed by atoms with van der Waals surface area (Å²) in [6.07, 6.45) is 0. The van der Waals surface area contributed by atoms with Gasteiger partial charge in [0.25, 0.3) is 0 Å². The van der Waals surface area contributed by atoms with Crippen LogP contribution in [0.5, 0.6) is 0 Å². The maximum absolute atomic E-state index is 5.51. The van der Waals surface area contributed by atoms with Crippen molar-refractivity contribution in [3.63, 3.8) is 0 Å². The lowest BCUT2D eigenvalue weighted by Crippen LogP contribution is -2.42. The Bertz CT molecular complexity index is 362. The first kappa shape index (κ1) is 13.5. The van der Waals surface area contributed by atoms with Crippen LogP contribution in [0.2, 0.25) is 0 Å². The van der Waals surface area contributed by atoms with Crippen LogP contribution in [-0.2, 0) is 4.74 Å². The largest absolute Gasteiger partial charge is 0.464 e. The second-order valence-electron chi connectivity index (χ2n) is 3.68. The van der Waals surface area contributed by atoms with E-state index >= 15 is 0 Å². The van der Waals surface area contributed by atoms with Crippen LogP contribution in [0.15, 0.2) is 21.5 Å². The van der Waals surface area contributed by atoms with E-state index in [9.17, 15) is 0 Å². The van der Waals surface area contributed by atoms with Crippen LogP contribution < -0.4 is 16.6 Å². The van der Waals surface area contributed by atoms with E-state index in [1.807, 2.05) is 26.0 Å². The van der Waals surface area contributed by atoms with Gasteiger partial charge in [-0.25, -0.2) is 10.8 Å². The van der Waals surface area contributed by atoms with Crippen molar-refractivity contribution in [3.8, 4) is 0 Å². The summed E-state index contributed by atoms with van der Waals surface area (Å²) in [6, 6.07) is 3.85. The number of nitrogens with one attached hydrogen (secondary N) is 2. The third-order valence-corrected chi connectivity index (χ3v) is 2.24. The van der Waals surface area contributed by atoms with Crippen LogP contribution in [0.3, 0.4) is 0 Å². The number of hydrazine groups is 1. The number of furan rings is 1. The zero-order valence-electron chi connectivity index (χ0n) is 10.5. The molecule has 1 heterocycles. The maximum Gasteiger partial charge on any atom is 0.206 e. The molecule has 0 fully saturated rings. The molecule has 1 aromatic rings. The van der Waals surface area contributed by atoms with Crippen molar-refractivity contribution in [3.05, 3.63) is 23.7 Å². The average Bonchev–Trinajstić information content (AvgIpc) is 2.74. The fourth-order valence-electron chi connectivity index (χ4n) is 1.34. The van der Waals surface area contributed by atoms with Gasteiger partial charge in [-0.2, -0.15) is 0 Å². The Morgan fingerprint density at radius 1 is 1.59 bits per heavy atom. The molecule has 0 aliphatic carbocycles. The number of methoxy groups -OCH3 is 1. The van der Waals surface area contributed by atoms with Crippen LogP contribution in [0, 0.1) is 6.92 Å². The maximum atomic E-state index is 5.51. The van der Waals surface area contributed by atoms with E-state index in [2.05, 4.69) is 15.7 Å². The molecule has 96 valence electrons. The summed E-state index contributed by atoms with van der Waals surface area (Å²) in [6.45, 7) is 4.99. The van der Waals surface area contributed by atoms with Gasteiger partial charge in [-0.05, 0) is 26.0 Å². The molecule has 4 N–H and O–H groups in total. The fraction of sp³-hybridized carbons (Fsp3) is 0.545. The Labute approximate surface area is 101 Å². The lowest BCUT2D eigenvalue weighted by Gasteiger charge is -2.14.